The van der Waals surface area contributed by atoms with Gasteiger partial charge in [0.25, 0.3) is 5.56 Å². The lowest BCUT2D eigenvalue weighted by Crippen LogP contribution is -2.55. The number of hydrogen-bond donors (Lipinski definition) is 2. The molecule has 1 aliphatic carbocycles. The number of nitrogens with zero attached hydrogens (tertiary/aromatic N) is 2. The Kier molecular flexibility index (Phi) is 4.73. The highest BCUT2D eigenvalue weighted by atomic mass is 16.3. The summed E-state index contributed by atoms with van der Waals surface area (Å²) in [5.41, 5.74) is 0.566. The van der Waals surface area contributed by atoms with Crippen molar-refractivity contribution in [2.75, 3.05) is 6.61 Å². The quantitative estimate of drug-likeness (QED) is 0.895. The number of aliphatic hydroxyl groups excluding tert-OH is 1. The number of fused-ring (bicyclic) bond motifs is 1. The van der Waals surface area contributed by atoms with Crippen molar-refractivity contribution in [2.24, 2.45) is 18.4 Å². The first-order valence-electron chi connectivity index (χ1n) is 9.06. The molecule has 2 aromatic rings. The Morgan fingerprint density at radius 3 is 2.72 bits per heavy atom. The Bertz CT molecular complexity index is 827. The van der Waals surface area contributed by atoms with Crippen LogP contribution in [-0.2, 0) is 13.6 Å². The van der Waals surface area contributed by atoms with Crippen molar-refractivity contribution in [3.05, 3.63) is 40.4 Å². The summed E-state index contributed by atoms with van der Waals surface area (Å²) in [6.45, 7) is 7.34. The van der Waals surface area contributed by atoms with E-state index in [1.807, 2.05) is 24.3 Å². The number of aromatic nitrogens is 2. The zero-order chi connectivity index (χ0) is 18.2. The van der Waals surface area contributed by atoms with E-state index in [1.54, 1.807) is 11.6 Å². The highest BCUT2D eigenvalue weighted by molar-refractivity contribution is 5.77. The SMILES string of the molecule is CC1CC(C)(C)CC(CO)(NCc2nc3ccccc3c(=O)n2C)C1. The Hall–Kier alpha value is -1.72. The summed E-state index contributed by atoms with van der Waals surface area (Å²) in [6, 6.07) is 7.43. The fourth-order valence-electron chi connectivity index (χ4n) is 4.74. The monoisotopic (exact) mass is 343 g/mol. The third-order valence-corrected chi connectivity index (χ3v) is 5.46. The molecule has 5 heteroatoms. The molecular formula is C20H29N3O2. The van der Waals surface area contributed by atoms with Crippen molar-refractivity contribution < 1.29 is 5.11 Å². The van der Waals surface area contributed by atoms with Gasteiger partial charge < -0.3 is 10.4 Å². The van der Waals surface area contributed by atoms with Crippen LogP contribution in [0.2, 0.25) is 0 Å². The maximum atomic E-state index is 12.6. The van der Waals surface area contributed by atoms with Crippen LogP contribution in [-0.4, -0.2) is 26.8 Å². The molecule has 0 bridgehead atoms. The maximum Gasteiger partial charge on any atom is 0.261 e. The fraction of sp³-hybridized carbons (Fsp3) is 0.600. The average molecular weight is 343 g/mol. The first-order chi connectivity index (χ1) is 11.8. The number of rotatable bonds is 4. The Morgan fingerprint density at radius 1 is 1.32 bits per heavy atom. The predicted octanol–water partition coefficient (Wildman–Crippen LogP) is 2.60. The highest BCUT2D eigenvalue weighted by Crippen LogP contribution is 2.43. The van der Waals surface area contributed by atoms with Crippen LogP contribution in [0.5, 0.6) is 0 Å². The minimum atomic E-state index is -0.315. The second kappa shape index (κ2) is 6.54. The largest absolute Gasteiger partial charge is 0.394 e. The van der Waals surface area contributed by atoms with Crippen LogP contribution < -0.4 is 10.9 Å². The van der Waals surface area contributed by atoms with Gasteiger partial charge >= 0.3 is 0 Å². The molecular weight excluding hydrogens is 314 g/mol. The van der Waals surface area contributed by atoms with Gasteiger partial charge in [0.1, 0.15) is 5.82 Å². The molecule has 5 nitrogen and oxygen atoms in total. The number of aliphatic hydroxyl groups is 1. The summed E-state index contributed by atoms with van der Waals surface area (Å²) >= 11 is 0. The van der Waals surface area contributed by atoms with Gasteiger partial charge in [-0.05, 0) is 42.7 Å². The van der Waals surface area contributed by atoms with Gasteiger partial charge in [-0.1, -0.05) is 32.9 Å². The van der Waals surface area contributed by atoms with Gasteiger partial charge in [0.2, 0.25) is 0 Å². The van der Waals surface area contributed by atoms with Crippen LogP contribution >= 0.6 is 0 Å². The molecule has 1 fully saturated rings. The van der Waals surface area contributed by atoms with Gasteiger partial charge in [-0.15, -0.1) is 0 Å². The lowest BCUT2D eigenvalue weighted by atomic mass is 9.64. The van der Waals surface area contributed by atoms with E-state index < -0.39 is 0 Å². The molecule has 3 rings (SSSR count). The fourth-order valence-corrected chi connectivity index (χ4v) is 4.74. The molecule has 1 aromatic heterocycles. The second-order valence-corrected chi connectivity index (χ2v) is 8.56. The highest BCUT2D eigenvalue weighted by Gasteiger charge is 2.42. The number of hydrogen-bond acceptors (Lipinski definition) is 4. The van der Waals surface area contributed by atoms with Gasteiger partial charge in [0.15, 0.2) is 0 Å². The Balaban J connectivity index is 1.88. The van der Waals surface area contributed by atoms with E-state index in [4.69, 9.17) is 0 Å². The Morgan fingerprint density at radius 2 is 2.04 bits per heavy atom. The van der Waals surface area contributed by atoms with Crippen LogP contribution in [0, 0.1) is 11.3 Å². The molecule has 136 valence electrons. The maximum absolute atomic E-state index is 12.6. The summed E-state index contributed by atoms with van der Waals surface area (Å²) in [5.74, 6) is 1.25. The number of nitrogens with one attached hydrogen (secondary N) is 1. The zero-order valence-electron chi connectivity index (χ0n) is 15.7. The summed E-state index contributed by atoms with van der Waals surface area (Å²) in [5, 5.41) is 14.3. The standard InChI is InChI=1S/C20H29N3O2/c1-14-9-19(2,3)12-20(10-14,13-24)21-11-17-22-16-8-6-5-7-15(16)18(25)23(17)4/h5-8,14,21,24H,9-13H2,1-4H3. The van der Waals surface area contributed by atoms with Crippen molar-refractivity contribution >= 4 is 10.9 Å². The molecule has 2 atom stereocenters. The molecule has 0 amide bonds. The normalized spacial score (nSPS) is 26.0. The van der Waals surface area contributed by atoms with Gasteiger partial charge in [0, 0.05) is 12.6 Å². The molecule has 2 N–H and O–H groups in total. The van der Waals surface area contributed by atoms with Crippen molar-refractivity contribution in [2.45, 2.75) is 52.1 Å². The van der Waals surface area contributed by atoms with Crippen LogP contribution in [0.15, 0.2) is 29.1 Å². The van der Waals surface area contributed by atoms with Gasteiger partial charge in [-0.25, -0.2) is 4.98 Å². The van der Waals surface area contributed by atoms with Crippen LogP contribution in [0.25, 0.3) is 10.9 Å². The molecule has 0 saturated heterocycles. The van der Waals surface area contributed by atoms with E-state index in [2.05, 4.69) is 31.1 Å². The predicted molar refractivity (Wildman–Crippen MR) is 100 cm³/mol. The third-order valence-electron chi connectivity index (χ3n) is 5.46. The summed E-state index contributed by atoms with van der Waals surface area (Å²) in [6.07, 6.45) is 3.03. The lowest BCUT2D eigenvalue weighted by Gasteiger charge is -2.47. The van der Waals surface area contributed by atoms with Crippen molar-refractivity contribution in [1.82, 2.24) is 14.9 Å². The van der Waals surface area contributed by atoms with Crippen molar-refractivity contribution in [1.29, 1.82) is 0 Å². The van der Waals surface area contributed by atoms with Gasteiger partial charge in [-0.3, -0.25) is 9.36 Å². The topological polar surface area (TPSA) is 67.2 Å². The van der Waals surface area contributed by atoms with E-state index >= 15 is 0 Å². The van der Waals surface area contributed by atoms with E-state index in [9.17, 15) is 9.90 Å². The molecule has 2 unspecified atom stereocenters. The summed E-state index contributed by atoms with van der Waals surface area (Å²) < 4.78 is 1.61. The Labute approximate surface area is 149 Å². The zero-order valence-corrected chi connectivity index (χ0v) is 15.7. The van der Waals surface area contributed by atoms with E-state index in [0.29, 0.717) is 23.7 Å². The molecule has 0 aliphatic heterocycles. The third kappa shape index (κ3) is 3.62. The summed E-state index contributed by atoms with van der Waals surface area (Å²) in [7, 11) is 1.76. The van der Waals surface area contributed by atoms with E-state index in [-0.39, 0.29) is 23.1 Å². The van der Waals surface area contributed by atoms with Crippen molar-refractivity contribution in [3.8, 4) is 0 Å². The average Bonchev–Trinajstić information content (AvgIpc) is 2.55. The molecule has 0 radical (unpaired) electrons. The van der Waals surface area contributed by atoms with Crippen LogP contribution in [0.1, 0.15) is 45.9 Å². The molecule has 1 aromatic carbocycles. The van der Waals surface area contributed by atoms with Gasteiger partial charge in [-0.2, -0.15) is 0 Å². The lowest BCUT2D eigenvalue weighted by molar-refractivity contribution is 0.0346. The molecule has 0 spiro atoms. The van der Waals surface area contributed by atoms with Crippen LogP contribution in [0.3, 0.4) is 0 Å². The number of benzene rings is 1. The van der Waals surface area contributed by atoms with E-state index in [1.165, 1.54) is 6.42 Å². The molecule has 1 heterocycles. The van der Waals surface area contributed by atoms with Crippen LogP contribution in [0.4, 0.5) is 0 Å². The molecule has 1 aliphatic rings. The van der Waals surface area contributed by atoms with E-state index in [0.717, 1.165) is 18.4 Å². The number of para-hydroxylation sites is 1. The second-order valence-electron chi connectivity index (χ2n) is 8.56. The first-order valence-corrected chi connectivity index (χ1v) is 9.06. The minimum Gasteiger partial charge on any atom is -0.394 e. The van der Waals surface area contributed by atoms with Crippen molar-refractivity contribution in [3.63, 3.8) is 0 Å². The summed E-state index contributed by atoms with van der Waals surface area (Å²) in [4.78, 5) is 17.2. The van der Waals surface area contributed by atoms with Gasteiger partial charge in [0.05, 0.1) is 24.1 Å². The first kappa shape index (κ1) is 18.1. The smallest absolute Gasteiger partial charge is 0.261 e. The molecule has 1 saturated carbocycles. The molecule has 25 heavy (non-hydrogen) atoms. The minimum absolute atomic E-state index is 0.0298.